The maximum Gasteiger partial charge on any atom is 0.143 e. The van der Waals surface area contributed by atoms with Gasteiger partial charge in [0.2, 0.25) is 0 Å². The first kappa shape index (κ1) is 21.3. The summed E-state index contributed by atoms with van der Waals surface area (Å²) in [7, 11) is -0.959. The molecule has 0 spiro atoms. The second-order valence-electron chi connectivity index (χ2n) is 6.02. The average molecular weight is 337 g/mol. The van der Waals surface area contributed by atoms with E-state index in [9.17, 15) is 4.21 Å². The van der Waals surface area contributed by atoms with Crippen LogP contribution in [0.2, 0.25) is 0 Å². The Morgan fingerprint density at radius 3 is 1.38 bits per heavy atom. The quantitative estimate of drug-likeness (QED) is 0.334. The van der Waals surface area contributed by atoms with Crippen LogP contribution in [0.5, 0.6) is 0 Å². The summed E-state index contributed by atoms with van der Waals surface area (Å²) in [4.78, 5) is 0. The fraction of sp³-hybridized carbons (Fsp3) is 1.00. The molecule has 0 amide bonds. The van der Waals surface area contributed by atoms with E-state index in [2.05, 4.69) is 6.92 Å². The van der Waals surface area contributed by atoms with E-state index in [4.69, 9.17) is 15.4 Å². The molecule has 2 nitrogen and oxygen atoms in total. The topological polar surface area (TPSA) is 26.3 Å². The van der Waals surface area contributed by atoms with Crippen molar-refractivity contribution in [2.24, 2.45) is 0 Å². The molecule has 0 saturated carbocycles. The molecule has 0 aromatic carbocycles. The van der Waals surface area contributed by atoms with Gasteiger partial charge in [0.25, 0.3) is 0 Å². The first-order valence-corrected chi connectivity index (χ1v) is 11.5. The van der Waals surface area contributed by atoms with Crippen LogP contribution >= 0.6 is 0 Å². The summed E-state index contributed by atoms with van der Waals surface area (Å²) in [5, 5.41) is 0. The van der Waals surface area contributed by atoms with E-state index in [1.165, 1.54) is 84.2 Å². The summed E-state index contributed by atoms with van der Waals surface area (Å²) in [6.45, 7) is 2.27. The second kappa shape index (κ2) is 15.2. The minimum atomic E-state index is -2.40. The van der Waals surface area contributed by atoms with Crippen LogP contribution in [0.3, 0.4) is 0 Å². The van der Waals surface area contributed by atoms with E-state index in [1.807, 2.05) is 0 Å². The van der Waals surface area contributed by atoms with Gasteiger partial charge in [-0.2, -0.15) is 0 Å². The highest BCUT2D eigenvalue weighted by atomic mass is 32.8. The normalized spacial score (nSPS) is 14.2. The third kappa shape index (κ3) is 16.5. The first-order chi connectivity index (χ1) is 10.1. The van der Waals surface area contributed by atoms with Gasteiger partial charge >= 0.3 is 0 Å². The van der Waals surface area contributed by atoms with Crippen molar-refractivity contribution in [1.29, 1.82) is 0 Å². The highest BCUT2D eigenvalue weighted by molar-refractivity contribution is 8.30. The molecule has 0 heterocycles. The van der Waals surface area contributed by atoms with Crippen molar-refractivity contribution in [3.05, 3.63) is 0 Å². The van der Waals surface area contributed by atoms with E-state index in [1.54, 1.807) is 0 Å². The molecule has 0 bridgehead atoms. The van der Waals surface area contributed by atoms with Crippen LogP contribution in [0, 0.1) is 0 Å². The largest absolute Gasteiger partial charge is 0.293 e. The predicted molar refractivity (Wildman–Crippen MR) is 97.7 cm³/mol. The van der Waals surface area contributed by atoms with Gasteiger partial charge in [-0.25, -0.2) is 4.21 Å². The maximum absolute atomic E-state index is 11.5. The molecular formula is C17H36O2S2. The molecule has 0 aromatic heterocycles. The molecule has 0 aliphatic heterocycles. The molecule has 0 aliphatic rings. The van der Waals surface area contributed by atoms with Gasteiger partial charge < -0.3 is 0 Å². The Hall–Kier alpha value is 0.330. The zero-order valence-corrected chi connectivity index (χ0v) is 15.9. The van der Waals surface area contributed by atoms with Crippen LogP contribution in [0.25, 0.3) is 0 Å². The van der Waals surface area contributed by atoms with Crippen molar-refractivity contribution in [3.63, 3.8) is 0 Å². The lowest BCUT2D eigenvalue weighted by Crippen LogP contribution is -2.05. The van der Waals surface area contributed by atoms with Gasteiger partial charge in [-0.3, -0.25) is 4.18 Å². The van der Waals surface area contributed by atoms with Gasteiger partial charge in [0.15, 0.2) is 0 Å². The predicted octanol–water partition coefficient (Wildman–Crippen LogP) is 5.78. The number of rotatable bonds is 16. The molecular weight excluding hydrogens is 300 g/mol. The van der Waals surface area contributed by atoms with Gasteiger partial charge in [-0.05, 0) is 6.42 Å². The Kier molecular flexibility index (Phi) is 15.5. The molecule has 0 radical (unpaired) electrons. The van der Waals surface area contributed by atoms with Crippen molar-refractivity contribution in [2.45, 2.75) is 96.8 Å². The minimum Gasteiger partial charge on any atom is -0.293 e. The number of hydrogen-bond acceptors (Lipinski definition) is 3. The SMILES string of the molecule is CCCCCCCCCCCCCCCCS(=O)(=S)OC. The molecule has 0 aromatic rings. The monoisotopic (exact) mass is 336 g/mol. The van der Waals surface area contributed by atoms with Crippen molar-refractivity contribution in [2.75, 3.05) is 12.9 Å². The van der Waals surface area contributed by atoms with Gasteiger partial charge in [-0.1, -0.05) is 90.4 Å². The number of hydrogen-bond donors (Lipinski definition) is 0. The highest BCUT2D eigenvalue weighted by Crippen LogP contribution is 2.13. The standard InChI is InChI=1S/C17H36O2S2/c1-3-4-5-6-7-8-9-10-11-12-13-14-15-16-17-21(18,20)19-2/h3-17H2,1-2H3. The Bertz CT molecular complexity index is 300. The Labute approximate surface area is 138 Å². The molecule has 0 saturated heterocycles. The van der Waals surface area contributed by atoms with Crippen molar-refractivity contribution >= 4 is 20.0 Å². The Morgan fingerprint density at radius 1 is 0.714 bits per heavy atom. The molecule has 1 atom stereocenters. The second-order valence-corrected chi connectivity index (χ2v) is 9.41. The highest BCUT2D eigenvalue weighted by Gasteiger charge is 2.02. The van der Waals surface area contributed by atoms with Crippen molar-refractivity contribution in [3.8, 4) is 0 Å². The third-order valence-corrected chi connectivity index (χ3v) is 6.21. The van der Waals surface area contributed by atoms with Gasteiger partial charge in [0.1, 0.15) is 8.77 Å². The summed E-state index contributed by atoms with van der Waals surface area (Å²) in [5.41, 5.74) is 0. The molecule has 21 heavy (non-hydrogen) atoms. The van der Waals surface area contributed by atoms with Crippen LogP contribution in [0.15, 0.2) is 0 Å². The average Bonchev–Trinajstić information content (AvgIpc) is 2.47. The van der Waals surface area contributed by atoms with Crippen LogP contribution in [0.4, 0.5) is 0 Å². The fourth-order valence-corrected chi connectivity index (χ4v) is 3.63. The lowest BCUT2D eigenvalue weighted by molar-refractivity contribution is 0.441. The lowest BCUT2D eigenvalue weighted by atomic mass is 10.0. The molecule has 1 unspecified atom stereocenters. The Balaban J connectivity index is 3.09. The fourth-order valence-electron chi connectivity index (χ4n) is 2.56. The molecule has 0 rings (SSSR count). The number of unbranched alkanes of at least 4 members (excludes halogenated alkanes) is 13. The molecule has 0 fully saturated rings. The van der Waals surface area contributed by atoms with Crippen LogP contribution in [-0.4, -0.2) is 17.1 Å². The summed E-state index contributed by atoms with van der Waals surface area (Å²) in [6, 6.07) is 0. The summed E-state index contributed by atoms with van der Waals surface area (Å²) < 4.78 is 16.3. The van der Waals surface area contributed by atoms with Gasteiger partial charge in [0.05, 0.1) is 12.9 Å². The summed E-state index contributed by atoms with van der Waals surface area (Å²) in [6.07, 6.45) is 18.6. The van der Waals surface area contributed by atoms with Gasteiger partial charge in [0, 0.05) is 11.2 Å². The molecule has 128 valence electrons. The zero-order valence-electron chi connectivity index (χ0n) is 14.2. The van der Waals surface area contributed by atoms with Crippen molar-refractivity contribution < 1.29 is 8.39 Å². The van der Waals surface area contributed by atoms with E-state index in [0.29, 0.717) is 5.75 Å². The van der Waals surface area contributed by atoms with E-state index in [0.717, 1.165) is 12.8 Å². The van der Waals surface area contributed by atoms with Crippen LogP contribution in [0.1, 0.15) is 96.8 Å². The third-order valence-electron chi connectivity index (χ3n) is 4.00. The summed E-state index contributed by atoms with van der Waals surface area (Å²) >= 11 is 4.84. The van der Waals surface area contributed by atoms with Crippen LogP contribution in [-0.2, 0) is 24.1 Å². The first-order valence-electron chi connectivity index (χ1n) is 8.90. The van der Waals surface area contributed by atoms with E-state index in [-0.39, 0.29) is 0 Å². The van der Waals surface area contributed by atoms with Crippen LogP contribution < -0.4 is 0 Å². The molecule has 0 N–H and O–H groups in total. The molecule has 0 aliphatic carbocycles. The Morgan fingerprint density at radius 2 is 1.05 bits per heavy atom. The van der Waals surface area contributed by atoms with E-state index < -0.39 is 8.77 Å². The smallest absolute Gasteiger partial charge is 0.143 e. The maximum atomic E-state index is 11.5. The van der Waals surface area contributed by atoms with E-state index >= 15 is 0 Å². The zero-order chi connectivity index (χ0) is 15.8. The summed E-state index contributed by atoms with van der Waals surface area (Å²) in [5.74, 6) is 0.539. The van der Waals surface area contributed by atoms with Crippen molar-refractivity contribution in [1.82, 2.24) is 0 Å². The van der Waals surface area contributed by atoms with Gasteiger partial charge in [-0.15, -0.1) is 0 Å². The minimum absolute atomic E-state index is 0.539. The molecule has 4 heteroatoms. The lowest BCUT2D eigenvalue weighted by Gasteiger charge is -2.04.